The summed E-state index contributed by atoms with van der Waals surface area (Å²) >= 11 is 1.73. The molecular weight excluding hydrogens is 320 g/mol. The molecular formula is C18H26N4OS. The fourth-order valence-electron chi connectivity index (χ4n) is 3.29. The molecule has 0 radical (unpaired) electrons. The molecule has 1 N–H and O–H groups in total. The number of hydrogen-bond acceptors (Lipinski definition) is 5. The van der Waals surface area contributed by atoms with Crippen LogP contribution in [0.15, 0.2) is 6.33 Å². The summed E-state index contributed by atoms with van der Waals surface area (Å²) in [5, 5.41) is 4.25. The van der Waals surface area contributed by atoms with Crippen LogP contribution in [0.2, 0.25) is 0 Å². The Kier molecular flexibility index (Phi) is 5.33. The number of aromatic nitrogens is 2. The first kappa shape index (κ1) is 17.1. The number of carbonyl (C=O) groups excluding carboxylic acids is 1. The lowest BCUT2D eigenvalue weighted by molar-refractivity contribution is -0.125. The van der Waals surface area contributed by atoms with Crippen LogP contribution in [0.25, 0.3) is 10.2 Å². The maximum absolute atomic E-state index is 12.2. The lowest BCUT2D eigenvalue weighted by Gasteiger charge is -2.32. The third kappa shape index (κ3) is 3.38. The van der Waals surface area contributed by atoms with Gasteiger partial charge in [-0.25, -0.2) is 9.97 Å². The van der Waals surface area contributed by atoms with Crippen molar-refractivity contribution in [1.82, 2.24) is 15.3 Å². The van der Waals surface area contributed by atoms with Gasteiger partial charge in [-0.1, -0.05) is 13.3 Å². The van der Waals surface area contributed by atoms with E-state index in [0.29, 0.717) is 0 Å². The second-order valence-corrected chi connectivity index (χ2v) is 7.77. The predicted octanol–water partition coefficient (Wildman–Crippen LogP) is 3.44. The van der Waals surface area contributed by atoms with Crippen LogP contribution in [0.4, 0.5) is 5.82 Å². The lowest BCUT2D eigenvalue weighted by Crippen LogP contribution is -2.41. The Labute approximate surface area is 147 Å². The summed E-state index contributed by atoms with van der Waals surface area (Å²) in [4.78, 5) is 25.9. The van der Waals surface area contributed by atoms with Crippen molar-refractivity contribution in [1.29, 1.82) is 0 Å². The SMILES string of the molecule is CCCCNC(=O)C1CCN(c2ncnc3sc(C)c(C)c23)CC1. The highest BCUT2D eigenvalue weighted by Crippen LogP contribution is 2.35. The Morgan fingerprint density at radius 1 is 1.33 bits per heavy atom. The number of anilines is 1. The van der Waals surface area contributed by atoms with Gasteiger partial charge in [0, 0.05) is 30.4 Å². The van der Waals surface area contributed by atoms with E-state index in [-0.39, 0.29) is 11.8 Å². The minimum absolute atomic E-state index is 0.140. The maximum atomic E-state index is 12.2. The molecule has 3 heterocycles. The average molecular weight is 347 g/mol. The highest BCUT2D eigenvalue weighted by atomic mass is 32.1. The van der Waals surface area contributed by atoms with Crippen LogP contribution < -0.4 is 10.2 Å². The van der Waals surface area contributed by atoms with E-state index < -0.39 is 0 Å². The Morgan fingerprint density at radius 2 is 2.08 bits per heavy atom. The van der Waals surface area contributed by atoms with E-state index in [9.17, 15) is 4.79 Å². The molecule has 0 atom stereocenters. The van der Waals surface area contributed by atoms with E-state index in [1.807, 2.05) is 0 Å². The summed E-state index contributed by atoms with van der Waals surface area (Å²) in [5.41, 5.74) is 1.28. The number of amides is 1. The summed E-state index contributed by atoms with van der Waals surface area (Å²) in [6.45, 7) is 8.99. The van der Waals surface area contributed by atoms with E-state index in [2.05, 4.69) is 41.0 Å². The molecule has 1 saturated heterocycles. The molecule has 1 amide bonds. The number of piperidine rings is 1. The maximum Gasteiger partial charge on any atom is 0.223 e. The van der Waals surface area contributed by atoms with Crippen molar-refractivity contribution >= 4 is 33.3 Å². The van der Waals surface area contributed by atoms with Crippen LogP contribution in [0, 0.1) is 19.8 Å². The smallest absolute Gasteiger partial charge is 0.223 e. The first-order chi connectivity index (χ1) is 11.6. The number of fused-ring (bicyclic) bond motifs is 1. The molecule has 2 aromatic rings. The standard InChI is InChI=1S/C18H26N4OS/c1-4-5-8-19-17(23)14-6-9-22(10-7-14)16-15-12(2)13(3)24-18(15)21-11-20-16/h11,14H,4-10H2,1-3H3,(H,19,23). The van der Waals surface area contributed by atoms with E-state index >= 15 is 0 Å². The number of aryl methyl sites for hydroxylation is 2. The molecule has 1 aliphatic heterocycles. The molecule has 0 spiro atoms. The molecule has 1 fully saturated rings. The van der Waals surface area contributed by atoms with Gasteiger partial charge in [-0.05, 0) is 38.7 Å². The second-order valence-electron chi connectivity index (χ2n) is 6.57. The minimum Gasteiger partial charge on any atom is -0.356 e. The molecule has 5 nitrogen and oxygen atoms in total. The summed E-state index contributed by atoms with van der Waals surface area (Å²) in [6.07, 6.45) is 5.62. The van der Waals surface area contributed by atoms with Crippen molar-refractivity contribution in [2.45, 2.75) is 46.5 Å². The molecule has 130 valence electrons. The first-order valence-corrected chi connectivity index (χ1v) is 9.66. The van der Waals surface area contributed by atoms with E-state index in [4.69, 9.17) is 0 Å². The van der Waals surface area contributed by atoms with Gasteiger partial charge in [-0.3, -0.25) is 4.79 Å². The predicted molar refractivity (Wildman–Crippen MR) is 99.7 cm³/mol. The zero-order valence-electron chi connectivity index (χ0n) is 14.8. The number of thiophene rings is 1. The quantitative estimate of drug-likeness (QED) is 0.843. The monoisotopic (exact) mass is 346 g/mol. The Balaban J connectivity index is 1.68. The van der Waals surface area contributed by atoms with Gasteiger partial charge in [-0.15, -0.1) is 11.3 Å². The van der Waals surface area contributed by atoms with Crippen molar-refractivity contribution in [3.05, 3.63) is 16.8 Å². The van der Waals surface area contributed by atoms with E-state index in [0.717, 1.165) is 56.0 Å². The molecule has 3 rings (SSSR count). The molecule has 0 unspecified atom stereocenters. The van der Waals surface area contributed by atoms with Gasteiger partial charge in [0.1, 0.15) is 17.0 Å². The van der Waals surface area contributed by atoms with Crippen LogP contribution >= 0.6 is 11.3 Å². The summed E-state index contributed by atoms with van der Waals surface area (Å²) in [5.74, 6) is 1.39. The number of rotatable bonds is 5. The molecule has 0 aliphatic carbocycles. The number of hydrogen-bond donors (Lipinski definition) is 1. The van der Waals surface area contributed by atoms with Gasteiger partial charge in [0.25, 0.3) is 0 Å². The van der Waals surface area contributed by atoms with Gasteiger partial charge < -0.3 is 10.2 Å². The Hall–Kier alpha value is -1.69. The second kappa shape index (κ2) is 7.47. The topological polar surface area (TPSA) is 58.1 Å². The zero-order valence-corrected chi connectivity index (χ0v) is 15.6. The normalized spacial score (nSPS) is 15.9. The molecule has 0 aromatic carbocycles. The van der Waals surface area contributed by atoms with Crippen LogP contribution in [-0.4, -0.2) is 35.5 Å². The number of nitrogens with one attached hydrogen (secondary N) is 1. The van der Waals surface area contributed by atoms with Gasteiger partial charge >= 0.3 is 0 Å². The van der Waals surface area contributed by atoms with Gasteiger partial charge in [0.05, 0.1) is 5.39 Å². The lowest BCUT2D eigenvalue weighted by atomic mass is 9.95. The van der Waals surface area contributed by atoms with Crippen molar-refractivity contribution in [2.75, 3.05) is 24.5 Å². The number of nitrogens with zero attached hydrogens (tertiary/aromatic N) is 3. The van der Waals surface area contributed by atoms with Gasteiger partial charge in [0.2, 0.25) is 5.91 Å². The fraction of sp³-hybridized carbons (Fsp3) is 0.611. The van der Waals surface area contributed by atoms with Crippen molar-refractivity contribution < 1.29 is 4.79 Å². The van der Waals surface area contributed by atoms with Crippen LogP contribution in [0.1, 0.15) is 43.0 Å². The largest absolute Gasteiger partial charge is 0.356 e. The minimum atomic E-state index is 0.140. The Bertz CT molecular complexity index is 719. The Morgan fingerprint density at radius 3 is 2.79 bits per heavy atom. The van der Waals surface area contributed by atoms with Crippen LogP contribution in [0.3, 0.4) is 0 Å². The number of unbranched alkanes of at least 4 members (excludes halogenated alkanes) is 1. The van der Waals surface area contributed by atoms with E-state index in [1.54, 1.807) is 17.7 Å². The van der Waals surface area contributed by atoms with Crippen molar-refractivity contribution in [3.63, 3.8) is 0 Å². The summed E-state index contributed by atoms with van der Waals surface area (Å²) in [7, 11) is 0. The van der Waals surface area contributed by atoms with Crippen LogP contribution in [0.5, 0.6) is 0 Å². The summed E-state index contributed by atoms with van der Waals surface area (Å²) < 4.78 is 0. The zero-order chi connectivity index (χ0) is 17.1. The molecule has 6 heteroatoms. The average Bonchev–Trinajstić information content (AvgIpc) is 2.90. The first-order valence-electron chi connectivity index (χ1n) is 8.85. The van der Waals surface area contributed by atoms with E-state index in [1.165, 1.54) is 15.8 Å². The number of carbonyl (C=O) groups is 1. The third-order valence-corrected chi connectivity index (χ3v) is 6.06. The van der Waals surface area contributed by atoms with Gasteiger partial charge in [0.15, 0.2) is 0 Å². The molecule has 0 saturated carbocycles. The molecule has 24 heavy (non-hydrogen) atoms. The molecule has 2 aromatic heterocycles. The molecule has 1 aliphatic rings. The van der Waals surface area contributed by atoms with Crippen molar-refractivity contribution in [3.8, 4) is 0 Å². The highest BCUT2D eigenvalue weighted by Gasteiger charge is 2.27. The van der Waals surface area contributed by atoms with Gasteiger partial charge in [-0.2, -0.15) is 0 Å². The molecule has 0 bridgehead atoms. The van der Waals surface area contributed by atoms with Crippen LogP contribution in [-0.2, 0) is 4.79 Å². The summed E-state index contributed by atoms with van der Waals surface area (Å²) in [6, 6.07) is 0. The van der Waals surface area contributed by atoms with Crippen molar-refractivity contribution in [2.24, 2.45) is 5.92 Å². The highest BCUT2D eigenvalue weighted by molar-refractivity contribution is 7.18. The third-order valence-electron chi connectivity index (χ3n) is 4.94. The fourth-order valence-corrected chi connectivity index (χ4v) is 4.28.